The van der Waals surface area contributed by atoms with Gasteiger partial charge in [-0.25, -0.2) is 0 Å². The van der Waals surface area contributed by atoms with Gasteiger partial charge in [-0.1, -0.05) is 0 Å². The minimum Gasteiger partial charge on any atom is -0.310 e. The Hall–Kier alpha value is -0.830. The van der Waals surface area contributed by atoms with Gasteiger partial charge in [-0.2, -0.15) is 5.10 Å². The molecular weight excluding hydrogens is 162 g/mol. The summed E-state index contributed by atoms with van der Waals surface area (Å²) < 4.78 is 1.98. The maximum absolute atomic E-state index is 4.43. The normalized spacial score (nSPS) is 22.5. The molecule has 0 amide bonds. The van der Waals surface area contributed by atoms with E-state index in [1.165, 1.54) is 29.8 Å². The highest BCUT2D eigenvalue weighted by Gasteiger charge is 2.22. The first-order valence-corrected chi connectivity index (χ1v) is 4.93. The minimum absolute atomic E-state index is 0.550. The number of rotatable bonds is 1. The Morgan fingerprint density at radius 3 is 2.69 bits per heavy atom. The summed E-state index contributed by atoms with van der Waals surface area (Å²) >= 11 is 0. The third-order valence-corrected chi connectivity index (χ3v) is 2.97. The quantitative estimate of drug-likeness (QED) is 0.707. The van der Waals surface area contributed by atoms with Crippen LogP contribution in [0.25, 0.3) is 0 Å². The van der Waals surface area contributed by atoms with Gasteiger partial charge >= 0.3 is 0 Å². The monoisotopic (exact) mass is 179 g/mol. The zero-order chi connectivity index (χ0) is 9.42. The lowest BCUT2D eigenvalue weighted by molar-refractivity contribution is 0.637. The molecule has 1 atom stereocenters. The predicted octanol–water partition coefficient (Wildman–Crippen LogP) is 1.46. The van der Waals surface area contributed by atoms with Crippen LogP contribution >= 0.6 is 0 Å². The lowest BCUT2D eigenvalue weighted by Gasteiger charge is -2.10. The summed E-state index contributed by atoms with van der Waals surface area (Å²) in [6.45, 7) is 5.40. The summed E-state index contributed by atoms with van der Waals surface area (Å²) in [5.74, 6) is 0. The Bertz CT molecular complexity index is 308. The molecule has 1 aromatic rings. The van der Waals surface area contributed by atoms with E-state index in [9.17, 15) is 0 Å². The highest BCUT2D eigenvalue weighted by molar-refractivity contribution is 5.28. The van der Waals surface area contributed by atoms with E-state index in [1.807, 2.05) is 11.7 Å². The fraction of sp³-hybridized carbons (Fsp3) is 0.700. The van der Waals surface area contributed by atoms with E-state index in [0.29, 0.717) is 6.04 Å². The van der Waals surface area contributed by atoms with Crippen LogP contribution in [0.1, 0.15) is 35.8 Å². The predicted molar refractivity (Wildman–Crippen MR) is 52.7 cm³/mol. The lowest BCUT2D eigenvalue weighted by atomic mass is 10.0. The van der Waals surface area contributed by atoms with Gasteiger partial charge in [-0.3, -0.25) is 4.68 Å². The molecule has 0 radical (unpaired) electrons. The smallest absolute Gasteiger partial charge is 0.0644 e. The molecule has 0 bridgehead atoms. The Labute approximate surface area is 79.1 Å². The van der Waals surface area contributed by atoms with Crippen LogP contribution in [-0.2, 0) is 7.05 Å². The fourth-order valence-electron chi connectivity index (χ4n) is 2.23. The zero-order valence-corrected chi connectivity index (χ0v) is 8.59. The van der Waals surface area contributed by atoms with Crippen LogP contribution < -0.4 is 5.32 Å². The molecule has 1 aromatic heterocycles. The first-order chi connectivity index (χ1) is 6.20. The highest BCUT2D eigenvalue weighted by Crippen LogP contribution is 2.27. The molecule has 1 saturated heterocycles. The number of aryl methyl sites for hydroxylation is 2. The van der Waals surface area contributed by atoms with Crippen LogP contribution in [0, 0.1) is 13.8 Å². The summed E-state index contributed by atoms with van der Waals surface area (Å²) in [5.41, 5.74) is 3.90. The van der Waals surface area contributed by atoms with Gasteiger partial charge in [0, 0.05) is 24.3 Å². The molecule has 0 aliphatic carbocycles. The van der Waals surface area contributed by atoms with Crippen LogP contribution in [0.15, 0.2) is 0 Å². The van der Waals surface area contributed by atoms with Crippen molar-refractivity contribution in [3.05, 3.63) is 17.0 Å². The van der Waals surface area contributed by atoms with Crippen molar-refractivity contribution >= 4 is 0 Å². The molecule has 1 aliphatic heterocycles. The lowest BCUT2D eigenvalue weighted by Crippen LogP contribution is -2.14. The molecular formula is C10H17N3. The first-order valence-electron chi connectivity index (χ1n) is 4.93. The number of hydrogen-bond acceptors (Lipinski definition) is 2. The first kappa shape index (κ1) is 8.75. The number of nitrogens with one attached hydrogen (secondary N) is 1. The van der Waals surface area contributed by atoms with Gasteiger partial charge in [-0.05, 0) is 33.2 Å². The van der Waals surface area contributed by atoms with Gasteiger partial charge < -0.3 is 5.32 Å². The third kappa shape index (κ3) is 1.37. The average Bonchev–Trinajstić information content (AvgIpc) is 2.63. The van der Waals surface area contributed by atoms with Crippen molar-refractivity contribution in [1.82, 2.24) is 15.1 Å². The molecule has 0 unspecified atom stereocenters. The van der Waals surface area contributed by atoms with Crippen molar-refractivity contribution in [3.63, 3.8) is 0 Å². The Morgan fingerprint density at radius 2 is 2.23 bits per heavy atom. The second kappa shape index (κ2) is 3.14. The Kier molecular flexibility index (Phi) is 2.12. The second-order valence-electron chi connectivity index (χ2n) is 3.86. The average molecular weight is 179 g/mol. The van der Waals surface area contributed by atoms with Gasteiger partial charge in [0.2, 0.25) is 0 Å². The highest BCUT2D eigenvalue weighted by atomic mass is 15.3. The maximum Gasteiger partial charge on any atom is 0.0644 e. The standard InChI is InChI=1S/C10H17N3/c1-7-10(8(2)13(3)12-7)9-5-4-6-11-9/h9,11H,4-6H2,1-3H3/t9-/m1/s1. The molecule has 1 N–H and O–H groups in total. The molecule has 2 rings (SSSR count). The largest absolute Gasteiger partial charge is 0.310 e. The summed E-state index contributed by atoms with van der Waals surface area (Å²) in [6, 6.07) is 0.550. The second-order valence-corrected chi connectivity index (χ2v) is 3.86. The van der Waals surface area contributed by atoms with E-state index < -0.39 is 0 Å². The van der Waals surface area contributed by atoms with E-state index in [4.69, 9.17) is 0 Å². The van der Waals surface area contributed by atoms with E-state index in [0.717, 1.165) is 6.54 Å². The summed E-state index contributed by atoms with van der Waals surface area (Å²) in [5, 5.41) is 7.95. The van der Waals surface area contributed by atoms with Gasteiger partial charge in [0.1, 0.15) is 0 Å². The molecule has 0 aromatic carbocycles. The summed E-state index contributed by atoms with van der Waals surface area (Å²) in [6.07, 6.45) is 2.55. The maximum atomic E-state index is 4.43. The van der Waals surface area contributed by atoms with Crippen molar-refractivity contribution in [2.24, 2.45) is 7.05 Å². The molecule has 13 heavy (non-hydrogen) atoms. The van der Waals surface area contributed by atoms with Crippen molar-refractivity contribution < 1.29 is 0 Å². The van der Waals surface area contributed by atoms with Crippen LogP contribution in [0.5, 0.6) is 0 Å². The van der Waals surface area contributed by atoms with Crippen LogP contribution in [-0.4, -0.2) is 16.3 Å². The number of aromatic nitrogens is 2. The van der Waals surface area contributed by atoms with Gasteiger partial charge in [0.05, 0.1) is 5.69 Å². The van der Waals surface area contributed by atoms with E-state index >= 15 is 0 Å². The van der Waals surface area contributed by atoms with Gasteiger partial charge in [0.15, 0.2) is 0 Å². The number of hydrogen-bond donors (Lipinski definition) is 1. The molecule has 3 heteroatoms. The van der Waals surface area contributed by atoms with Gasteiger partial charge in [0.25, 0.3) is 0 Å². The van der Waals surface area contributed by atoms with E-state index in [-0.39, 0.29) is 0 Å². The van der Waals surface area contributed by atoms with Gasteiger partial charge in [-0.15, -0.1) is 0 Å². The molecule has 1 fully saturated rings. The molecule has 0 saturated carbocycles. The Balaban J connectivity index is 2.37. The topological polar surface area (TPSA) is 29.9 Å². The molecule has 2 heterocycles. The number of nitrogens with zero attached hydrogens (tertiary/aromatic N) is 2. The van der Waals surface area contributed by atoms with Crippen molar-refractivity contribution in [2.75, 3.05) is 6.54 Å². The van der Waals surface area contributed by atoms with Crippen LogP contribution in [0.4, 0.5) is 0 Å². The summed E-state index contributed by atoms with van der Waals surface area (Å²) in [4.78, 5) is 0. The van der Waals surface area contributed by atoms with E-state index in [2.05, 4.69) is 24.3 Å². The van der Waals surface area contributed by atoms with Crippen LogP contribution in [0.2, 0.25) is 0 Å². The fourth-order valence-corrected chi connectivity index (χ4v) is 2.23. The third-order valence-electron chi connectivity index (χ3n) is 2.97. The summed E-state index contributed by atoms with van der Waals surface area (Å²) in [7, 11) is 2.01. The van der Waals surface area contributed by atoms with Crippen molar-refractivity contribution in [3.8, 4) is 0 Å². The van der Waals surface area contributed by atoms with E-state index in [1.54, 1.807) is 0 Å². The SMILES string of the molecule is Cc1nn(C)c(C)c1[C@H]1CCCN1. The molecule has 0 spiro atoms. The Morgan fingerprint density at radius 1 is 1.46 bits per heavy atom. The molecule has 3 nitrogen and oxygen atoms in total. The molecule has 72 valence electrons. The van der Waals surface area contributed by atoms with Crippen molar-refractivity contribution in [1.29, 1.82) is 0 Å². The zero-order valence-electron chi connectivity index (χ0n) is 8.59. The van der Waals surface area contributed by atoms with Crippen LogP contribution in [0.3, 0.4) is 0 Å². The minimum atomic E-state index is 0.550. The molecule has 1 aliphatic rings. The van der Waals surface area contributed by atoms with Crippen molar-refractivity contribution in [2.45, 2.75) is 32.7 Å².